The molecule has 0 aliphatic heterocycles. The maximum absolute atomic E-state index is 6.53. The Kier molecular flexibility index (Phi) is 4.81. The first-order chi connectivity index (χ1) is 16.3. The van der Waals surface area contributed by atoms with E-state index in [1.54, 1.807) is 0 Å². The third-order valence-electron chi connectivity index (χ3n) is 6.54. The Morgan fingerprint density at radius 1 is 0.545 bits per heavy atom. The van der Waals surface area contributed by atoms with E-state index in [0.717, 1.165) is 17.1 Å². The second-order valence-electron chi connectivity index (χ2n) is 8.51. The summed E-state index contributed by atoms with van der Waals surface area (Å²) in [5.41, 5.74) is 9.96. The van der Waals surface area contributed by atoms with Crippen LogP contribution < -0.4 is 0 Å². The van der Waals surface area contributed by atoms with Crippen LogP contribution in [0, 0.1) is 6.92 Å². The van der Waals surface area contributed by atoms with Crippen molar-refractivity contribution in [2.75, 3.05) is 0 Å². The number of aryl methyl sites for hydroxylation is 1. The fourth-order valence-electron chi connectivity index (χ4n) is 5.18. The van der Waals surface area contributed by atoms with E-state index in [0.29, 0.717) is 0 Å². The molecule has 0 fully saturated rings. The van der Waals surface area contributed by atoms with Gasteiger partial charge in [0.1, 0.15) is 11.5 Å². The lowest BCUT2D eigenvalue weighted by atomic mass is 9.84. The summed E-state index contributed by atoms with van der Waals surface area (Å²) >= 11 is 0. The van der Waals surface area contributed by atoms with Gasteiger partial charge in [0.05, 0.1) is 0 Å². The largest absolute Gasteiger partial charge is 0.460 e. The van der Waals surface area contributed by atoms with E-state index in [1.165, 1.54) is 39.0 Å². The third-order valence-corrected chi connectivity index (χ3v) is 6.54. The molecule has 0 saturated carbocycles. The van der Waals surface area contributed by atoms with Crippen LogP contribution in [0.1, 0.15) is 39.5 Å². The van der Waals surface area contributed by atoms with Gasteiger partial charge >= 0.3 is 0 Å². The highest BCUT2D eigenvalue weighted by molar-refractivity contribution is 6.09. The quantitative estimate of drug-likeness (QED) is 0.282. The van der Waals surface area contributed by atoms with E-state index in [-0.39, 0.29) is 5.92 Å². The molecule has 0 N–H and O–H groups in total. The molecule has 1 aliphatic rings. The zero-order valence-corrected chi connectivity index (χ0v) is 18.5. The second kappa shape index (κ2) is 8.11. The molecule has 1 heterocycles. The van der Waals surface area contributed by atoms with Crippen LogP contribution in [0.2, 0.25) is 0 Å². The highest BCUT2D eigenvalue weighted by Gasteiger charge is 2.39. The predicted octanol–water partition coefficient (Wildman–Crippen LogP) is 8.36. The third kappa shape index (κ3) is 3.25. The van der Waals surface area contributed by atoms with Crippen LogP contribution in [-0.2, 0) is 0 Å². The molecule has 5 aromatic rings. The van der Waals surface area contributed by atoms with Crippen molar-refractivity contribution in [3.8, 4) is 11.3 Å². The first-order valence-corrected chi connectivity index (χ1v) is 11.4. The topological polar surface area (TPSA) is 13.1 Å². The van der Waals surface area contributed by atoms with E-state index in [2.05, 4.69) is 128 Å². The van der Waals surface area contributed by atoms with Crippen LogP contribution >= 0.6 is 0 Å². The summed E-state index contributed by atoms with van der Waals surface area (Å²) in [6, 6.07) is 42.9. The van der Waals surface area contributed by atoms with E-state index in [4.69, 9.17) is 4.42 Å². The van der Waals surface area contributed by atoms with Crippen molar-refractivity contribution in [1.29, 1.82) is 0 Å². The van der Waals surface area contributed by atoms with Crippen molar-refractivity contribution < 1.29 is 4.42 Å². The zero-order chi connectivity index (χ0) is 22.2. The lowest BCUT2D eigenvalue weighted by molar-refractivity contribution is 0.542. The van der Waals surface area contributed by atoms with Crippen LogP contribution in [0.4, 0.5) is 0 Å². The van der Waals surface area contributed by atoms with Crippen LogP contribution in [0.15, 0.2) is 126 Å². The lowest BCUT2D eigenvalue weighted by Crippen LogP contribution is -2.02. The minimum absolute atomic E-state index is 0.111. The van der Waals surface area contributed by atoms with Crippen LogP contribution in [-0.4, -0.2) is 0 Å². The molecule has 6 rings (SSSR count). The Morgan fingerprint density at radius 2 is 1.03 bits per heavy atom. The normalized spacial score (nSPS) is 15.0. The Morgan fingerprint density at radius 3 is 1.61 bits per heavy atom. The molecule has 4 aromatic carbocycles. The second-order valence-corrected chi connectivity index (χ2v) is 8.51. The minimum atomic E-state index is 0.111. The number of allylic oxidation sites excluding steroid dienone is 1. The monoisotopic (exact) mass is 424 g/mol. The van der Waals surface area contributed by atoms with Crippen molar-refractivity contribution in [2.45, 2.75) is 12.8 Å². The van der Waals surface area contributed by atoms with E-state index in [1.807, 2.05) is 0 Å². The van der Waals surface area contributed by atoms with Gasteiger partial charge in [-0.05, 0) is 34.8 Å². The Labute approximate surface area is 194 Å². The van der Waals surface area contributed by atoms with Crippen molar-refractivity contribution in [3.63, 3.8) is 0 Å². The van der Waals surface area contributed by atoms with E-state index < -0.39 is 0 Å². The molecule has 1 unspecified atom stereocenters. The molecule has 1 aromatic heterocycles. The molecular weight excluding hydrogens is 400 g/mol. The first kappa shape index (κ1) is 19.6. The Balaban J connectivity index is 1.74. The molecule has 33 heavy (non-hydrogen) atoms. The summed E-state index contributed by atoms with van der Waals surface area (Å²) in [5.74, 6) is 2.05. The number of benzene rings is 4. The number of fused-ring (bicyclic) bond motifs is 1. The first-order valence-electron chi connectivity index (χ1n) is 11.4. The average molecular weight is 425 g/mol. The SMILES string of the molecule is Cc1oc(-c2ccccc2)c2c1C(c1ccccc1)C(c1ccccc1)=C2c1ccccc1. The fourth-order valence-corrected chi connectivity index (χ4v) is 5.18. The zero-order valence-electron chi connectivity index (χ0n) is 18.5. The van der Waals surface area contributed by atoms with Crippen molar-refractivity contribution in [1.82, 2.24) is 0 Å². The summed E-state index contributed by atoms with van der Waals surface area (Å²) in [7, 11) is 0. The smallest absolute Gasteiger partial charge is 0.142 e. The molecule has 158 valence electrons. The Hall–Kier alpha value is -4.10. The fraction of sp³-hybridized carbons (Fsp3) is 0.0625. The van der Waals surface area contributed by atoms with Crippen LogP contribution in [0.5, 0.6) is 0 Å². The van der Waals surface area contributed by atoms with Gasteiger partial charge in [-0.15, -0.1) is 0 Å². The van der Waals surface area contributed by atoms with E-state index in [9.17, 15) is 0 Å². The summed E-state index contributed by atoms with van der Waals surface area (Å²) < 4.78 is 6.53. The van der Waals surface area contributed by atoms with Gasteiger partial charge in [-0.2, -0.15) is 0 Å². The van der Waals surface area contributed by atoms with Gasteiger partial charge in [-0.25, -0.2) is 0 Å². The Bertz CT molecular complexity index is 1430. The van der Waals surface area contributed by atoms with Crippen molar-refractivity contribution >= 4 is 11.1 Å². The lowest BCUT2D eigenvalue weighted by Gasteiger charge is -2.19. The minimum Gasteiger partial charge on any atom is -0.460 e. The number of hydrogen-bond donors (Lipinski definition) is 0. The molecule has 0 saturated heterocycles. The highest BCUT2D eigenvalue weighted by Crippen LogP contribution is 2.56. The van der Waals surface area contributed by atoms with Gasteiger partial charge in [0, 0.05) is 22.6 Å². The van der Waals surface area contributed by atoms with Gasteiger partial charge < -0.3 is 4.42 Å². The van der Waals surface area contributed by atoms with Gasteiger partial charge in [0.25, 0.3) is 0 Å². The van der Waals surface area contributed by atoms with Gasteiger partial charge in [0.15, 0.2) is 0 Å². The number of furan rings is 1. The molecule has 1 atom stereocenters. The molecule has 0 amide bonds. The molecular formula is C32H24O. The molecule has 0 radical (unpaired) electrons. The molecule has 1 nitrogen and oxygen atoms in total. The highest BCUT2D eigenvalue weighted by atomic mass is 16.3. The number of rotatable bonds is 4. The summed E-state index contributed by atoms with van der Waals surface area (Å²) in [5, 5.41) is 0. The van der Waals surface area contributed by atoms with Crippen LogP contribution in [0.3, 0.4) is 0 Å². The maximum atomic E-state index is 6.53. The molecule has 0 spiro atoms. The maximum Gasteiger partial charge on any atom is 0.142 e. The standard InChI is InChI=1S/C32H24O/c1-22-27-28(23-14-6-2-7-15-23)29(24-16-8-3-9-17-24)30(25-18-10-4-11-19-25)31(27)32(33-22)26-20-12-5-13-21-26/h2-21,28H,1H3. The molecule has 1 aliphatic carbocycles. The summed E-state index contributed by atoms with van der Waals surface area (Å²) in [6.45, 7) is 2.11. The van der Waals surface area contributed by atoms with Gasteiger partial charge in [0.2, 0.25) is 0 Å². The number of hydrogen-bond acceptors (Lipinski definition) is 1. The van der Waals surface area contributed by atoms with Gasteiger partial charge in [-0.3, -0.25) is 0 Å². The van der Waals surface area contributed by atoms with Crippen molar-refractivity contribution in [2.24, 2.45) is 0 Å². The average Bonchev–Trinajstić information content (AvgIpc) is 3.41. The van der Waals surface area contributed by atoms with Gasteiger partial charge in [-0.1, -0.05) is 121 Å². The van der Waals surface area contributed by atoms with Crippen LogP contribution in [0.25, 0.3) is 22.5 Å². The summed E-state index contributed by atoms with van der Waals surface area (Å²) in [6.07, 6.45) is 0. The van der Waals surface area contributed by atoms with E-state index >= 15 is 0 Å². The molecule has 1 heteroatoms. The van der Waals surface area contributed by atoms with Crippen molar-refractivity contribution in [3.05, 3.63) is 155 Å². The predicted molar refractivity (Wildman–Crippen MR) is 136 cm³/mol. The molecule has 0 bridgehead atoms. The summed E-state index contributed by atoms with van der Waals surface area (Å²) in [4.78, 5) is 0.